The molecule has 0 bridgehead atoms. The summed E-state index contributed by atoms with van der Waals surface area (Å²) < 4.78 is 11.2. The summed E-state index contributed by atoms with van der Waals surface area (Å²) in [6.07, 6.45) is 0. The molecule has 0 aliphatic rings. The van der Waals surface area contributed by atoms with E-state index in [4.69, 9.17) is 15.2 Å². The lowest BCUT2D eigenvalue weighted by Crippen LogP contribution is -2.01. The van der Waals surface area contributed by atoms with Gasteiger partial charge in [0.05, 0.1) is 24.6 Å². The lowest BCUT2D eigenvalue weighted by molar-refractivity contribution is 0.288. The fourth-order valence-corrected chi connectivity index (χ4v) is 2.07. The average molecular weight is 286 g/mol. The maximum absolute atomic E-state index is 6.09. The number of anilines is 3. The number of aryl methyl sites for hydroxylation is 1. The van der Waals surface area contributed by atoms with E-state index in [-0.39, 0.29) is 0 Å². The quantitative estimate of drug-likeness (QED) is 0.784. The molecular weight excluding hydrogens is 264 g/mol. The highest BCUT2D eigenvalue weighted by molar-refractivity contribution is 5.75. The zero-order valence-corrected chi connectivity index (χ0v) is 12.8. The highest BCUT2D eigenvalue weighted by atomic mass is 16.5. The molecule has 4 nitrogen and oxygen atoms in total. The minimum absolute atomic E-state index is 0.593. The van der Waals surface area contributed by atoms with Crippen molar-refractivity contribution in [3.8, 4) is 11.5 Å². The van der Waals surface area contributed by atoms with Gasteiger partial charge in [-0.25, -0.2) is 0 Å². The largest absolute Gasteiger partial charge is 0.490 e. The number of nitrogens with two attached hydrogens (primary N) is 1. The number of ether oxygens (including phenoxy) is 2. The second kappa shape index (κ2) is 6.88. The Bertz CT molecular complexity index is 612. The summed E-state index contributed by atoms with van der Waals surface area (Å²) in [7, 11) is 0. The molecule has 2 aromatic carbocycles. The second-order valence-corrected chi connectivity index (χ2v) is 4.69. The highest BCUT2D eigenvalue weighted by Crippen LogP contribution is 2.33. The fourth-order valence-electron chi connectivity index (χ4n) is 2.07. The summed E-state index contributed by atoms with van der Waals surface area (Å²) in [4.78, 5) is 0. The first-order valence-corrected chi connectivity index (χ1v) is 7.17. The van der Waals surface area contributed by atoms with Gasteiger partial charge in [0.2, 0.25) is 0 Å². The maximum atomic E-state index is 6.09. The van der Waals surface area contributed by atoms with Crippen molar-refractivity contribution in [3.63, 3.8) is 0 Å². The molecule has 0 aliphatic carbocycles. The zero-order chi connectivity index (χ0) is 15.2. The minimum atomic E-state index is 0.593. The molecule has 0 spiro atoms. The Morgan fingerprint density at radius 2 is 1.71 bits per heavy atom. The number of nitrogen functional groups attached to an aromatic ring is 1. The van der Waals surface area contributed by atoms with E-state index in [1.54, 1.807) is 0 Å². The zero-order valence-electron chi connectivity index (χ0n) is 12.8. The van der Waals surface area contributed by atoms with E-state index in [0.717, 1.165) is 34.1 Å². The van der Waals surface area contributed by atoms with Crippen molar-refractivity contribution in [2.45, 2.75) is 20.8 Å². The molecule has 21 heavy (non-hydrogen) atoms. The van der Waals surface area contributed by atoms with Crippen molar-refractivity contribution in [2.24, 2.45) is 0 Å². The summed E-state index contributed by atoms with van der Waals surface area (Å²) in [5.74, 6) is 1.48. The Morgan fingerprint density at radius 3 is 2.43 bits per heavy atom. The van der Waals surface area contributed by atoms with Gasteiger partial charge in [0.25, 0.3) is 0 Å². The number of hydrogen-bond donors (Lipinski definition) is 2. The SMILES string of the molecule is CCOc1ccc(Nc2cccc(C)c2N)cc1OCC. The number of rotatable bonds is 6. The van der Waals surface area contributed by atoms with Gasteiger partial charge in [-0.1, -0.05) is 12.1 Å². The van der Waals surface area contributed by atoms with Crippen molar-refractivity contribution in [1.82, 2.24) is 0 Å². The smallest absolute Gasteiger partial charge is 0.163 e. The van der Waals surface area contributed by atoms with Crippen LogP contribution >= 0.6 is 0 Å². The van der Waals surface area contributed by atoms with Crippen LogP contribution in [0.4, 0.5) is 17.1 Å². The third-order valence-corrected chi connectivity index (χ3v) is 3.15. The van der Waals surface area contributed by atoms with Crippen LogP contribution in [0.2, 0.25) is 0 Å². The molecule has 112 valence electrons. The van der Waals surface area contributed by atoms with Crippen LogP contribution in [0.5, 0.6) is 11.5 Å². The third-order valence-electron chi connectivity index (χ3n) is 3.15. The van der Waals surface area contributed by atoms with Crippen LogP contribution in [0.15, 0.2) is 36.4 Å². The Balaban J connectivity index is 2.28. The molecule has 0 radical (unpaired) electrons. The standard InChI is InChI=1S/C17H22N2O2/c1-4-20-15-10-9-13(11-16(15)21-5-2)19-14-8-6-7-12(3)17(14)18/h6-11,19H,4-5,18H2,1-3H3. The lowest BCUT2D eigenvalue weighted by Gasteiger charge is -2.15. The molecule has 4 heteroatoms. The summed E-state index contributed by atoms with van der Waals surface area (Å²) in [5.41, 5.74) is 9.70. The van der Waals surface area contributed by atoms with Crippen molar-refractivity contribution < 1.29 is 9.47 Å². The minimum Gasteiger partial charge on any atom is -0.490 e. The molecular formula is C17H22N2O2. The van der Waals surface area contributed by atoms with Crippen LogP contribution in [0, 0.1) is 6.92 Å². The van der Waals surface area contributed by atoms with E-state index in [0.29, 0.717) is 13.2 Å². The first-order valence-electron chi connectivity index (χ1n) is 7.17. The average Bonchev–Trinajstić information content (AvgIpc) is 2.47. The normalized spacial score (nSPS) is 10.2. The first kappa shape index (κ1) is 15.0. The maximum Gasteiger partial charge on any atom is 0.163 e. The Kier molecular flexibility index (Phi) is 4.93. The molecule has 0 unspecified atom stereocenters. The van der Waals surface area contributed by atoms with Crippen molar-refractivity contribution in [1.29, 1.82) is 0 Å². The van der Waals surface area contributed by atoms with E-state index in [1.165, 1.54) is 0 Å². The number of hydrogen-bond acceptors (Lipinski definition) is 4. The summed E-state index contributed by atoms with van der Waals surface area (Å²) in [5, 5.41) is 3.32. The van der Waals surface area contributed by atoms with Crippen LogP contribution in [0.1, 0.15) is 19.4 Å². The van der Waals surface area contributed by atoms with Gasteiger partial charge in [0, 0.05) is 11.8 Å². The summed E-state index contributed by atoms with van der Waals surface area (Å²) in [6, 6.07) is 11.7. The van der Waals surface area contributed by atoms with Gasteiger partial charge in [-0.2, -0.15) is 0 Å². The molecule has 0 saturated carbocycles. The van der Waals surface area contributed by atoms with Crippen LogP contribution in [-0.4, -0.2) is 13.2 Å². The monoisotopic (exact) mass is 286 g/mol. The fraction of sp³-hybridized carbons (Fsp3) is 0.294. The van der Waals surface area contributed by atoms with Gasteiger partial charge >= 0.3 is 0 Å². The third kappa shape index (κ3) is 3.60. The molecule has 3 N–H and O–H groups in total. The lowest BCUT2D eigenvalue weighted by atomic mass is 10.1. The second-order valence-electron chi connectivity index (χ2n) is 4.69. The van der Waals surface area contributed by atoms with Crippen molar-refractivity contribution in [3.05, 3.63) is 42.0 Å². The Morgan fingerprint density at radius 1 is 1.00 bits per heavy atom. The van der Waals surface area contributed by atoms with E-state index in [9.17, 15) is 0 Å². The molecule has 2 aromatic rings. The molecule has 0 aromatic heterocycles. The molecule has 0 aliphatic heterocycles. The highest BCUT2D eigenvalue weighted by Gasteiger charge is 2.08. The topological polar surface area (TPSA) is 56.5 Å². The van der Waals surface area contributed by atoms with E-state index in [1.807, 2.05) is 57.2 Å². The molecule has 0 heterocycles. The first-order chi connectivity index (χ1) is 10.2. The van der Waals surface area contributed by atoms with Crippen LogP contribution < -0.4 is 20.5 Å². The summed E-state index contributed by atoms with van der Waals surface area (Å²) in [6.45, 7) is 7.10. The van der Waals surface area contributed by atoms with Crippen LogP contribution in [0.3, 0.4) is 0 Å². The van der Waals surface area contributed by atoms with E-state index >= 15 is 0 Å². The molecule has 0 amide bonds. The van der Waals surface area contributed by atoms with Gasteiger partial charge in [0.1, 0.15) is 0 Å². The molecule has 0 atom stereocenters. The summed E-state index contributed by atoms with van der Waals surface area (Å²) >= 11 is 0. The molecule has 0 saturated heterocycles. The Hall–Kier alpha value is -2.36. The van der Waals surface area contributed by atoms with Gasteiger partial charge in [-0.3, -0.25) is 0 Å². The van der Waals surface area contributed by atoms with Gasteiger partial charge in [0.15, 0.2) is 11.5 Å². The van der Waals surface area contributed by atoms with E-state index < -0.39 is 0 Å². The van der Waals surface area contributed by atoms with Gasteiger partial charge < -0.3 is 20.5 Å². The van der Waals surface area contributed by atoms with Crippen molar-refractivity contribution >= 4 is 17.1 Å². The number of nitrogens with one attached hydrogen (secondary N) is 1. The molecule has 0 fully saturated rings. The van der Waals surface area contributed by atoms with Crippen LogP contribution in [-0.2, 0) is 0 Å². The predicted octanol–water partition coefficient (Wildman–Crippen LogP) is 4.12. The Labute approximate surface area is 125 Å². The number of para-hydroxylation sites is 1. The van der Waals surface area contributed by atoms with Gasteiger partial charge in [-0.15, -0.1) is 0 Å². The van der Waals surface area contributed by atoms with Crippen LogP contribution in [0.25, 0.3) is 0 Å². The predicted molar refractivity (Wildman–Crippen MR) is 87.7 cm³/mol. The van der Waals surface area contributed by atoms with Crippen molar-refractivity contribution in [2.75, 3.05) is 24.3 Å². The van der Waals surface area contributed by atoms with Gasteiger partial charge in [-0.05, 0) is 44.5 Å². The van der Waals surface area contributed by atoms with E-state index in [2.05, 4.69) is 5.32 Å². The number of benzene rings is 2. The molecule has 2 rings (SSSR count).